The van der Waals surface area contributed by atoms with Crippen molar-refractivity contribution >= 4 is 55.4 Å². The Labute approximate surface area is 195 Å². The van der Waals surface area contributed by atoms with Crippen LogP contribution in [0.15, 0.2) is 40.7 Å². The SMILES string of the molecule is CC(=O)Nc1ncc(S(=O)(=O)Nc2ccc(Nc3cc(N4CCOCC4)nc(C)n3)cc2)s1. The Morgan fingerprint density at radius 2 is 1.82 bits per heavy atom. The fourth-order valence-electron chi connectivity index (χ4n) is 3.14. The molecule has 1 amide bonds. The quantitative estimate of drug-likeness (QED) is 0.457. The zero-order valence-corrected chi connectivity index (χ0v) is 19.7. The van der Waals surface area contributed by atoms with Crippen molar-refractivity contribution in [3.63, 3.8) is 0 Å². The molecule has 4 rings (SSSR count). The third-order valence-corrected chi connectivity index (χ3v) is 7.36. The largest absolute Gasteiger partial charge is 0.378 e. The van der Waals surface area contributed by atoms with Gasteiger partial charge in [0.05, 0.1) is 19.4 Å². The van der Waals surface area contributed by atoms with E-state index in [1.54, 1.807) is 24.3 Å². The van der Waals surface area contributed by atoms with Crippen molar-refractivity contribution in [2.24, 2.45) is 0 Å². The second-order valence-electron chi connectivity index (χ2n) is 7.23. The highest BCUT2D eigenvalue weighted by molar-refractivity contribution is 7.94. The molecule has 0 radical (unpaired) electrons. The molecule has 3 aromatic rings. The summed E-state index contributed by atoms with van der Waals surface area (Å²) in [6, 6.07) is 8.67. The number of nitrogens with one attached hydrogen (secondary N) is 3. The molecule has 2 aromatic heterocycles. The minimum Gasteiger partial charge on any atom is -0.378 e. The van der Waals surface area contributed by atoms with Crippen molar-refractivity contribution in [3.8, 4) is 0 Å². The van der Waals surface area contributed by atoms with Crippen molar-refractivity contribution in [2.75, 3.05) is 46.6 Å². The van der Waals surface area contributed by atoms with E-state index in [2.05, 4.69) is 35.2 Å². The first-order chi connectivity index (χ1) is 15.8. The number of amides is 1. The van der Waals surface area contributed by atoms with Gasteiger partial charge in [-0.15, -0.1) is 0 Å². The molecule has 3 N–H and O–H groups in total. The Hall–Kier alpha value is -3.29. The van der Waals surface area contributed by atoms with Gasteiger partial charge in [-0.2, -0.15) is 0 Å². The third-order valence-electron chi connectivity index (χ3n) is 4.60. The van der Waals surface area contributed by atoms with E-state index in [9.17, 15) is 13.2 Å². The van der Waals surface area contributed by atoms with Crippen LogP contribution in [0.2, 0.25) is 0 Å². The van der Waals surface area contributed by atoms with E-state index >= 15 is 0 Å². The first-order valence-corrected chi connectivity index (χ1v) is 12.4. The Kier molecular flexibility index (Phi) is 6.72. The number of anilines is 5. The zero-order chi connectivity index (χ0) is 23.4. The van der Waals surface area contributed by atoms with Crippen LogP contribution in [0.1, 0.15) is 12.7 Å². The van der Waals surface area contributed by atoms with Crippen LogP contribution in [-0.4, -0.2) is 55.6 Å². The number of nitrogens with zero attached hydrogens (tertiary/aromatic N) is 4. The predicted molar refractivity (Wildman–Crippen MR) is 127 cm³/mol. The summed E-state index contributed by atoms with van der Waals surface area (Å²) in [7, 11) is -3.83. The maximum Gasteiger partial charge on any atom is 0.273 e. The van der Waals surface area contributed by atoms with Crippen LogP contribution in [0, 0.1) is 6.92 Å². The fraction of sp³-hybridized carbons (Fsp3) is 0.300. The molecular weight excluding hydrogens is 466 g/mol. The molecule has 13 heteroatoms. The molecule has 3 heterocycles. The predicted octanol–water partition coefficient (Wildman–Crippen LogP) is 2.58. The van der Waals surface area contributed by atoms with Gasteiger partial charge in [-0.3, -0.25) is 9.52 Å². The van der Waals surface area contributed by atoms with E-state index in [4.69, 9.17) is 4.74 Å². The van der Waals surface area contributed by atoms with Crippen molar-refractivity contribution in [2.45, 2.75) is 18.1 Å². The summed E-state index contributed by atoms with van der Waals surface area (Å²) in [4.78, 5) is 26.1. The van der Waals surface area contributed by atoms with Crippen molar-refractivity contribution < 1.29 is 17.9 Å². The first kappa shape index (κ1) is 22.9. The second-order valence-corrected chi connectivity index (χ2v) is 10.2. The molecular formula is C20H23N7O4S2. The fourth-order valence-corrected chi connectivity index (χ4v) is 5.27. The van der Waals surface area contributed by atoms with Gasteiger partial charge in [0.25, 0.3) is 10.0 Å². The maximum atomic E-state index is 12.6. The van der Waals surface area contributed by atoms with Crippen LogP contribution in [0.3, 0.4) is 0 Å². The van der Waals surface area contributed by atoms with Gasteiger partial charge in [-0.1, -0.05) is 11.3 Å². The van der Waals surface area contributed by atoms with E-state index in [-0.39, 0.29) is 15.2 Å². The lowest BCUT2D eigenvalue weighted by molar-refractivity contribution is -0.114. The Balaban J connectivity index is 1.44. The zero-order valence-electron chi connectivity index (χ0n) is 18.0. The number of sulfonamides is 1. The molecule has 0 bridgehead atoms. The van der Waals surface area contributed by atoms with E-state index < -0.39 is 10.0 Å². The van der Waals surface area contributed by atoms with Gasteiger partial charge in [-0.25, -0.2) is 23.4 Å². The van der Waals surface area contributed by atoms with Crippen molar-refractivity contribution in [3.05, 3.63) is 42.4 Å². The Morgan fingerprint density at radius 3 is 2.52 bits per heavy atom. The van der Waals surface area contributed by atoms with Gasteiger partial charge in [0.1, 0.15) is 17.5 Å². The van der Waals surface area contributed by atoms with E-state index in [1.165, 1.54) is 13.1 Å². The lowest BCUT2D eigenvalue weighted by Crippen LogP contribution is -2.36. The highest BCUT2D eigenvalue weighted by Crippen LogP contribution is 2.26. The summed E-state index contributed by atoms with van der Waals surface area (Å²) >= 11 is 0.875. The molecule has 0 aliphatic carbocycles. The Bertz CT molecular complexity index is 1240. The molecule has 1 fully saturated rings. The van der Waals surface area contributed by atoms with E-state index in [0.29, 0.717) is 30.5 Å². The summed E-state index contributed by atoms with van der Waals surface area (Å²) < 4.78 is 33.1. The maximum absolute atomic E-state index is 12.6. The van der Waals surface area contributed by atoms with Crippen molar-refractivity contribution in [1.82, 2.24) is 15.0 Å². The molecule has 0 unspecified atom stereocenters. The average molecular weight is 490 g/mol. The molecule has 0 saturated carbocycles. The summed E-state index contributed by atoms with van der Waals surface area (Å²) in [5.74, 6) is 1.81. The summed E-state index contributed by atoms with van der Waals surface area (Å²) in [6.07, 6.45) is 1.21. The molecule has 0 atom stereocenters. The van der Waals surface area contributed by atoms with E-state index in [1.807, 2.05) is 13.0 Å². The third kappa shape index (κ3) is 5.94. The van der Waals surface area contributed by atoms with Crippen LogP contribution in [-0.2, 0) is 19.6 Å². The second kappa shape index (κ2) is 9.68. The summed E-state index contributed by atoms with van der Waals surface area (Å²) in [5, 5.41) is 5.92. The van der Waals surface area contributed by atoms with Crippen LogP contribution >= 0.6 is 11.3 Å². The summed E-state index contributed by atoms with van der Waals surface area (Å²) in [5.41, 5.74) is 1.14. The number of hydrogen-bond acceptors (Lipinski definition) is 10. The minimum atomic E-state index is -3.83. The highest BCUT2D eigenvalue weighted by Gasteiger charge is 2.19. The molecule has 33 heavy (non-hydrogen) atoms. The van der Waals surface area contributed by atoms with Gasteiger partial charge in [0.2, 0.25) is 5.91 Å². The van der Waals surface area contributed by atoms with Crippen LogP contribution in [0.25, 0.3) is 0 Å². The lowest BCUT2D eigenvalue weighted by atomic mass is 10.3. The number of carbonyl (C=O) groups excluding carboxylic acids is 1. The summed E-state index contributed by atoms with van der Waals surface area (Å²) in [6.45, 7) is 6.05. The average Bonchev–Trinajstić information content (AvgIpc) is 3.24. The van der Waals surface area contributed by atoms with Gasteiger partial charge in [0, 0.05) is 37.5 Å². The van der Waals surface area contributed by atoms with Gasteiger partial charge in [0.15, 0.2) is 9.34 Å². The standard InChI is InChI=1S/C20H23N7O4S2/c1-13-22-17(11-18(23-13)27-7-9-31-10-8-27)25-15-3-5-16(6-4-15)26-33(29,30)19-12-21-20(32-19)24-14(2)28/h3-6,11-12,26H,7-10H2,1-2H3,(H,21,24,28)(H,22,23,25). The number of aryl methyl sites for hydroxylation is 1. The molecule has 1 aliphatic heterocycles. The van der Waals surface area contributed by atoms with Gasteiger partial charge in [-0.05, 0) is 31.2 Å². The number of morpholine rings is 1. The number of benzene rings is 1. The van der Waals surface area contributed by atoms with Crippen LogP contribution < -0.4 is 20.3 Å². The van der Waals surface area contributed by atoms with E-state index in [0.717, 1.165) is 35.9 Å². The molecule has 1 aliphatic rings. The molecule has 0 spiro atoms. The molecule has 174 valence electrons. The van der Waals surface area contributed by atoms with Crippen LogP contribution in [0.5, 0.6) is 0 Å². The number of aromatic nitrogens is 3. The monoisotopic (exact) mass is 489 g/mol. The number of hydrogen-bond donors (Lipinski definition) is 3. The number of rotatable bonds is 7. The van der Waals surface area contributed by atoms with Gasteiger partial charge >= 0.3 is 0 Å². The number of ether oxygens (including phenoxy) is 1. The normalized spacial score (nSPS) is 14.1. The minimum absolute atomic E-state index is 0.000513. The Morgan fingerprint density at radius 1 is 1.12 bits per heavy atom. The molecule has 11 nitrogen and oxygen atoms in total. The van der Waals surface area contributed by atoms with Crippen molar-refractivity contribution in [1.29, 1.82) is 0 Å². The number of carbonyl (C=O) groups is 1. The first-order valence-electron chi connectivity index (χ1n) is 10.1. The smallest absolute Gasteiger partial charge is 0.273 e. The lowest BCUT2D eigenvalue weighted by Gasteiger charge is -2.28. The molecule has 1 saturated heterocycles. The van der Waals surface area contributed by atoms with Crippen LogP contribution in [0.4, 0.5) is 28.1 Å². The number of thiazole rings is 1. The van der Waals surface area contributed by atoms with Gasteiger partial charge < -0.3 is 20.3 Å². The topological polar surface area (TPSA) is 138 Å². The highest BCUT2D eigenvalue weighted by atomic mass is 32.2. The molecule has 1 aromatic carbocycles.